The first-order valence-corrected chi connectivity index (χ1v) is 12.8. The number of H-pyrrole nitrogens is 1. The van der Waals surface area contributed by atoms with Crippen molar-refractivity contribution in [1.29, 1.82) is 0 Å². The summed E-state index contributed by atoms with van der Waals surface area (Å²) in [6.45, 7) is 4.46. The molecule has 33 heavy (non-hydrogen) atoms. The summed E-state index contributed by atoms with van der Waals surface area (Å²) in [6, 6.07) is 8.25. The molecule has 0 atom stereocenters. The van der Waals surface area contributed by atoms with Crippen molar-refractivity contribution in [1.82, 2.24) is 28.7 Å². The van der Waals surface area contributed by atoms with Gasteiger partial charge in [0.25, 0.3) is 5.56 Å². The predicted octanol–water partition coefficient (Wildman–Crippen LogP) is 1.17. The Labute approximate surface area is 192 Å². The van der Waals surface area contributed by atoms with Crippen molar-refractivity contribution in [3.8, 4) is 0 Å². The molecule has 0 saturated carbocycles. The molecule has 1 saturated heterocycles. The molecule has 4 rings (SSSR count). The van der Waals surface area contributed by atoms with Gasteiger partial charge in [-0.1, -0.05) is 31.5 Å². The number of nitrogens with zero attached hydrogens (tertiary/aromatic N) is 4. The number of aryl methyl sites for hydroxylation is 2. The molecule has 10 nitrogen and oxygen atoms in total. The van der Waals surface area contributed by atoms with Crippen molar-refractivity contribution in [2.75, 3.05) is 13.1 Å². The Morgan fingerprint density at radius 1 is 1.15 bits per heavy atom. The van der Waals surface area contributed by atoms with Crippen LogP contribution in [-0.2, 0) is 30.2 Å². The van der Waals surface area contributed by atoms with Crippen LogP contribution in [0.25, 0.3) is 11.2 Å². The third-order valence-corrected chi connectivity index (χ3v) is 7.71. The normalized spacial score (nSPS) is 15.9. The highest BCUT2D eigenvalue weighted by molar-refractivity contribution is 7.89. The average Bonchev–Trinajstić information content (AvgIpc) is 3.11. The average molecular weight is 475 g/mol. The molecule has 0 radical (unpaired) electrons. The topological polar surface area (TPSA) is 122 Å². The van der Waals surface area contributed by atoms with Gasteiger partial charge in [-0.05, 0) is 31.4 Å². The van der Waals surface area contributed by atoms with Crippen LogP contribution in [0.15, 0.2) is 44.8 Å². The molecule has 178 valence electrons. The Hall–Kier alpha value is -2.76. The number of aromatic nitrogens is 4. The number of benzene rings is 1. The second kappa shape index (κ2) is 9.62. The van der Waals surface area contributed by atoms with Gasteiger partial charge in [0, 0.05) is 32.7 Å². The van der Waals surface area contributed by atoms with Crippen molar-refractivity contribution in [3.63, 3.8) is 0 Å². The summed E-state index contributed by atoms with van der Waals surface area (Å²) in [5.74, 6) is 0.703. The fraction of sp³-hybridized carbons (Fsp3) is 0.500. The minimum absolute atomic E-state index is 0.131. The first kappa shape index (κ1) is 23.4. The molecule has 0 unspecified atom stereocenters. The number of nitrogens with one attached hydrogen (secondary N) is 2. The van der Waals surface area contributed by atoms with E-state index in [1.165, 1.54) is 4.57 Å². The molecule has 2 aromatic heterocycles. The van der Waals surface area contributed by atoms with Crippen LogP contribution >= 0.6 is 0 Å². The summed E-state index contributed by atoms with van der Waals surface area (Å²) in [5, 5.41) is 0. The van der Waals surface area contributed by atoms with Gasteiger partial charge in [0.2, 0.25) is 10.0 Å². The van der Waals surface area contributed by atoms with Crippen LogP contribution in [0.3, 0.4) is 0 Å². The fourth-order valence-corrected chi connectivity index (χ4v) is 5.58. The Balaban J connectivity index is 1.46. The summed E-state index contributed by atoms with van der Waals surface area (Å²) in [5.41, 5.74) is -0.0541. The monoisotopic (exact) mass is 474 g/mol. The van der Waals surface area contributed by atoms with E-state index in [0.29, 0.717) is 56.0 Å². The molecule has 1 aromatic carbocycles. The Bertz CT molecular complexity index is 1330. The molecular weight excluding hydrogens is 444 g/mol. The van der Waals surface area contributed by atoms with Crippen LogP contribution in [0.1, 0.15) is 38.4 Å². The van der Waals surface area contributed by atoms with Crippen LogP contribution < -0.4 is 16.0 Å². The molecule has 0 spiro atoms. The number of rotatable bonds is 8. The lowest BCUT2D eigenvalue weighted by Gasteiger charge is -2.31. The van der Waals surface area contributed by atoms with E-state index in [9.17, 15) is 18.0 Å². The largest absolute Gasteiger partial charge is 0.330 e. The number of hydrogen-bond acceptors (Lipinski definition) is 6. The van der Waals surface area contributed by atoms with Crippen LogP contribution in [-0.4, -0.2) is 51.6 Å². The summed E-state index contributed by atoms with van der Waals surface area (Å²) in [6.07, 6.45) is 3.10. The number of sulfonamides is 1. The van der Waals surface area contributed by atoms with Crippen molar-refractivity contribution < 1.29 is 8.42 Å². The van der Waals surface area contributed by atoms with Crippen LogP contribution in [0.2, 0.25) is 0 Å². The standard InChI is InChI=1S/C22H30N6O4S/c1-3-4-12-28-20-19(21(29)24-22(28)30)26(2)18(23-20)15-27-13-10-16(11-14-27)25-33(31,32)17-8-6-5-7-9-17/h5-9,16,25H,3-4,10-15H2,1-2H3,(H,24,29,30). The van der Waals surface area contributed by atoms with E-state index in [-0.39, 0.29) is 10.9 Å². The Morgan fingerprint density at radius 3 is 2.52 bits per heavy atom. The molecule has 11 heteroatoms. The number of piperidine rings is 1. The van der Waals surface area contributed by atoms with Crippen molar-refractivity contribution in [3.05, 3.63) is 57.0 Å². The lowest BCUT2D eigenvalue weighted by molar-refractivity contribution is 0.194. The Kier molecular flexibility index (Phi) is 6.82. The zero-order valence-corrected chi connectivity index (χ0v) is 19.8. The molecule has 3 heterocycles. The predicted molar refractivity (Wildman–Crippen MR) is 126 cm³/mol. The molecule has 0 aliphatic carbocycles. The summed E-state index contributed by atoms with van der Waals surface area (Å²) in [7, 11) is -1.75. The number of aromatic amines is 1. The fourth-order valence-electron chi connectivity index (χ4n) is 4.25. The van der Waals surface area contributed by atoms with E-state index < -0.39 is 21.3 Å². The second-order valence-corrected chi connectivity index (χ2v) is 10.2. The third kappa shape index (κ3) is 4.94. The first-order valence-electron chi connectivity index (χ1n) is 11.3. The van der Waals surface area contributed by atoms with Gasteiger partial charge in [0.05, 0.1) is 11.4 Å². The zero-order chi connectivity index (χ0) is 23.6. The van der Waals surface area contributed by atoms with Gasteiger partial charge >= 0.3 is 5.69 Å². The van der Waals surface area contributed by atoms with E-state index in [4.69, 9.17) is 0 Å². The molecule has 1 fully saturated rings. The maximum atomic E-state index is 12.6. The van der Waals surface area contributed by atoms with E-state index in [1.807, 2.05) is 6.92 Å². The van der Waals surface area contributed by atoms with Gasteiger partial charge in [-0.15, -0.1) is 0 Å². The van der Waals surface area contributed by atoms with E-state index in [0.717, 1.165) is 12.8 Å². The summed E-state index contributed by atoms with van der Waals surface area (Å²) in [4.78, 5) is 34.3. The lowest BCUT2D eigenvalue weighted by atomic mass is 10.1. The van der Waals surface area contributed by atoms with E-state index in [1.54, 1.807) is 41.9 Å². The highest BCUT2D eigenvalue weighted by Crippen LogP contribution is 2.18. The van der Waals surface area contributed by atoms with Crippen LogP contribution in [0, 0.1) is 0 Å². The molecule has 3 aromatic rings. The molecule has 0 bridgehead atoms. The van der Waals surface area contributed by atoms with Crippen molar-refractivity contribution in [2.45, 2.75) is 56.6 Å². The number of imidazole rings is 1. The highest BCUT2D eigenvalue weighted by Gasteiger charge is 2.26. The number of fused-ring (bicyclic) bond motifs is 1. The van der Waals surface area contributed by atoms with Crippen molar-refractivity contribution >= 4 is 21.2 Å². The number of unbranched alkanes of at least 4 members (excludes halogenated alkanes) is 1. The quantitative estimate of drug-likeness (QED) is 0.505. The summed E-state index contributed by atoms with van der Waals surface area (Å²) >= 11 is 0. The molecule has 0 amide bonds. The minimum atomic E-state index is -3.54. The molecular formula is C22H30N6O4S. The number of hydrogen-bond donors (Lipinski definition) is 2. The number of likely N-dealkylation sites (tertiary alicyclic amines) is 1. The SMILES string of the molecule is CCCCn1c(=O)[nH]c(=O)c2c1nc(CN1CCC(NS(=O)(=O)c3ccccc3)CC1)n2C. The Morgan fingerprint density at radius 2 is 1.85 bits per heavy atom. The second-order valence-electron chi connectivity index (χ2n) is 8.51. The maximum Gasteiger partial charge on any atom is 0.330 e. The van der Waals surface area contributed by atoms with Gasteiger partial charge in [0.1, 0.15) is 5.82 Å². The van der Waals surface area contributed by atoms with E-state index in [2.05, 4.69) is 19.6 Å². The molecule has 1 aliphatic heterocycles. The highest BCUT2D eigenvalue weighted by atomic mass is 32.2. The smallest absolute Gasteiger partial charge is 0.324 e. The molecule has 1 aliphatic rings. The summed E-state index contributed by atoms with van der Waals surface area (Å²) < 4.78 is 31.3. The van der Waals surface area contributed by atoms with Gasteiger partial charge in [0.15, 0.2) is 11.2 Å². The van der Waals surface area contributed by atoms with Crippen LogP contribution in [0.5, 0.6) is 0 Å². The van der Waals surface area contributed by atoms with Gasteiger partial charge in [-0.25, -0.2) is 22.9 Å². The van der Waals surface area contributed by atoms with Crippen molar-refractivity contribution in [2.24, 2.45) is 7.05 Å². The van der Waals surface area contributed by atoms with Gasteiger partial charge in [-0.3, -0.25) is 19.2 Å². The first-order chi connectivity index (χ1) is 15.8. The van der Waals surface area contributed by atoms with Gasteiger partial charge in [-0.2, -0.15) is 0 Å². The minimum Gasteiger partial charge on any atom is -0.324 e. The molecule has 2 N–H and O–H groups in total. The van der Waals surface area contributed by atoms with Gasteiger partial charge < -0.3 is 4.57 Å². The lowest BCUT2D eigenvalue weighted by Crippen LogP contribution is -2.44. The third-order valence-electron chi connectivity index (χ3n) is 6.17. The van der Waals surface area contributed by atoms with Crippen LogP contribution in [0.4, 0.5) is 0 Å². The maximum absolute atomic E-state index is 12.6. The zero-order valence-electron chi connectivity index (χ0n) is 19.0. The van der Waals surface area contributed by atoms with E-state index >= 15 is 0 Å².